The molecule has 0 aliphatic carbocycles. The van der Waals surface area contributed by atoms with E-state index in [1.807, 2.05) is 36.8 Å². The van der Waals surface area contributed by atoms with E-state index in [4.69, 9.17) is 5.73 Å². The second kappa shape index (κ2) is 8.62. The van der Waals surface area contributed by atoms with Crippen LogP contribution in [0.4, 0.5) is 4.39 Å². The van der Waals surface area contributed by atoms with E-state index < -0.39 is 0 Å². The molecule has 0 unspecified atom stereocenters. The third kappa shape index (κ3) is 3.83. The number of hydrogen-bond acceptors (Lipinski definition) is 5. The molecular weight excluding hydrogens is 395 g/mol. The monoisotopic (exact) mass is 414 g/mol. The molecule has 0 bridgehead atoms. The van der Waals surface area contributed by atoms with Gasteiger partial charge in [-0.05, 0) is 61.0 Å². The van der Waals surface area contributed by atoms with E-state index in [9.17, 15) is 9.18 Å². The number of aromatic nitrogens is 2. The normalized spacial score (nSPS) is 11.6. The average molecular weight is 415 g/mol. The molecule has 0 fully saturated rings. The summed E-state index contributed by atoms with van der Waals surface area (Å²) in [5, 5.41) is 0.476. The molecule has 1 aromatic heterocycles. The van der Waals surface area contributed by atoms with Gasteiger partial charge in [0.2, 0.25) is 0 Å². The Bertz CT molecular complexity index is 1080. The maximum absolute atomic E-state index is 13.4. The molecule has 3 rings (SSSR count). The highest BCUT2D eigenvalue weighted by Crippen LogP contribution is 2.26. The molecule has 0 amide bonds. The van der Waals surface area contributed by atoms with Gasteiger partial charge in [-0.2, -0.15) is 0 Å². The van der Waals surface area contributed by atoms with E-state index in [1.165, 1.54) is 35.5 Å². The lowest BCUT2D eigenvalue weighted by Crippen LogP contribution is -2.32. The highest BCUT2D eigenvalue weighted by Gasteiger charge is 2.21. The first-order chi connectivity index (χ1) is 13.5. The van der Waals surface area contributed by atoms with E-state index in [1.54, 1.807) is 23.9 Å². The molecule has 0 saturated carbocycles. The van der Waals surface area contributed by atoms with Crippen molar-refractivity contribution in [3.05, 3.63) is 70.3 Å². The van der Waals surface area contributed by atoms with E-state index in [0.29, 0.717) is 22.1 Å². The van der Waals surface area contributed by atoms with E-state index in [0.717, 1.165) is 4.90 Å². The molecule has 8 heteroatoms. The Balaban J connectivity index is 2.38. The Morgan fingerprint density at radius 3 is 2.25 bits per heavy atom. The number of aliphatic imine (C=N–C) groups is 1. The maximum Gasteiger partial charge on any atom is 0.270 e. The van der Waals surface area contributed by atoms with Crippen LogP contribution < -0.4 is 11.3 Å². The molecule has 2 N–H and O–H groups in total. The predicted molar refractivity (Wildman–Crippen MR) is 115 cm³/mol. The number of hydrogen-bond donors (Lipinski definition) is 1. The first-order valence-corrected chi connectivity index (χ1v) is 10.8. The summed E-state index contributed by atoms with van der Waals surface area (Å²) in [6, 6.07) is 13.5. The number of rotatable bonds is 5. The van der Waals surface area contributed by atoms with Crippen LogP contribution in [0.5, 0.6) is 0 Å². The first-order valence-electron chi connectivity index (χ1n) is 8.34. The van der Waals surface area contributed by atoms with Crippen LogP contribution in [0.1, 0.15) is 5.56 Å². The lowest BCUT2D eigenvalue weighted by molar-refractivity contribution is 0.628. The van der Waals surface area contributed by atoms with Crippen LogP contribution in [0.25, 0.3) is 17.1 Å². The fraction of sp³-hybridized carbons (Fsp3) is 0.150. The Morgan fingerprint density at radius 1 is 1.07 bits per heavy atom. The zero-order chi connectivity index (χ0) is 20.3. The molecule has 0 saturated heterocycles. The first kappa shape index (κ1) is 20.2. The standard InChI is InChI=1S/C20H19FN4OS2/c1-23-17(22)16-19(28-3)24-18(12-4-6-13(21)7-5-12)25(20(16)26)14-8-10-15(27-2)11-9-14/h4-11H,1-3H3,(H2,22,23). The third-order valence-corrected chi connectivity index (χ3v) is 5.60. The van der Waals surface area contributed by atoms with Gasteiger partial charge in [-0.25, -0.2) is 9.37 Å². The topological polar surface area (TPSA) is 73.3 Å². The van der Waals surface area contributed by atoms with Crippen LogP contribution in [-0.2, 0) is 0 Å². The molecule has 0 atom stereocenters. The maximum atomic E-state index is 13.4. The van der Waals surface area contributed by atoms with Crippen molar-refractivity contribution in [3.63, 3.8) is 0 Å². The van der Waals surface area contributed by atoms with Gasteiger partial charge in [0.1, 0.15) is 28.1 Å². The number of amidine groups is 1. The van der Waals surface area contributed by atoms with Gasteiger partial charge in [0.25, 0.3) is 5.56 Å². The predicted octanol–water partition coefficient (Wildman–Crippen LogP) is 3.82. The van der Waals surface area contributed by atoms with Gasteiger partial charge < -0.3 is 5.73 Å². The Labute approximate surface area is 170 Å². The lowest BCUT2D eigenvalue weighted by atomic mass is 10.1. The summed E-state index contributed by atoms with van der Waals surface area (Å²) >= 11 is 2.92. The van der Waals surface area contributed by atoms with Crippen molar-refractivity contribution in [2.45, 2.75) is 9.92 Å². The molecule has 0 spiro atoms. The Morgan fingerprint density at radius 2 is 1.71 bits per heavy atom. The molecule has 3 aromatic rings. The molecule has 2 aromatic carbocycles. The quantitative estimate of drug-likeness (QED) is 0.297. The number of halogens is 1. The number of nitrogens with two attached hydrogens (primary N) is 1. The van der Waals surface area contributed by atoms with E-state index >= 15 is 0 Å². The smallest absolute Gasteiger partial charge is 0.270 e. The highest BCUT2D eigenvalue weighted by molar-refractivity contribution is 7.98. The Kier molecular flexibility index (Phi) is 6.21. The van der Waals surface area contributed by atoms with Crippen molar-refractivity contribution in [3.8, 4) is 17.1 Å². The Hall–Kier alpha value is -2.58. The van der Waals surface area contributed by atoms with Crippen LogP contribution in [0.15, 0.2) is 68.2 Å². The fourth-order valence-corrected chi connectivity index (χ4v) is 3.73. The fourth-order valence-electron chi connectivity index (χ4n) is 2.74. The molecule has 144 valence electrons. The third-order valence-electron chi connectivity index (χ3n) is 4.17. The molecule has 1 heterocycles. The van der Waals surface area contributed by atoms with Crippen LogP contribution in [0.2, 0.25) is 0 Å². The van der Waals surface area contributed by atoms with Crippen molar-refractivity contribution >= 4 is 29.4 Å². The molecule has 28 heavy (non-hydrogen) atoms. The minimum atomic E-state index is -0.356. The molecule has 5 nitrogen and oxygen atoms in total. The summed E-state index contributed by atoms with van der Waals surface area (Å²) in [5.41, 5.74) is 7.21. The van der Waals surface area contributed by atoms with Crippen molar-refractivity contribution in [2.75, 3.05) is 19.6 Å². The van der Waals surface area contributed by atoms with Gasteiger partial charge >= 0.3 is 0 Å². The van der Waals surface area contributed by atoms with E-state index in [-0.39, 0.29) is 22.8 Å². The number of thioether (sulfide) groups is 2. The molecule has 0 radical (unpaired) electrons. The molecule has 0 aliphatic heterocycles. The summed E-state index contributed by atoms with van der Waals surface area (Å²) in [7, 11) is 1.53. The van der Waals surface area contributed by atoms with Gasteiger partial charge in [-0.1, -0.05) is 0 Å². The zero-order valence-corrected chi connectivity index (χ0v) is 17.3. The van der Waals surface area contributed by atoms with Crippen molar-refractivity contribution < 1.29 is 4.39 Å². The number of benzene rings is 2. The summed E-state index contributed by atoms with van der Waals surface area (Å²) in [6.45, 7) is 0. The van der Waals surface area contributed by atoms with Gasteiger partial charge in [-0.15, -0.1) is 23.5 Å². The van der Waals surface area contributed by atoms with Gasteiger partial charge in [0.15, 0.2) is 0 Å². The van der Waals surface area contributed by atoms with Crippen LogP contribution >= 0.6 is 23.5 Å². The average Bonchev–Trinajstić information content (AvgIpc) is 2.73. The van der Waals surface area contributed by atoms with Crippen molar-refractivity contribution in [1.82, 2.24) is 9.55 Å². The van der Waals surface area contributed by atoms with Crippen LogP contribution in [0.3, 0.4) is 0 Å². The second-order valence-electron chi connectivity index (χ2n) is 5.77. The summed E-state index contributed by atoms with van der Waals surface area (Å²) in [5.74, 6) is 0.187. The van der Waals surface area contributed by atoms with Gasteiger partial charge in [0, 0.05) is 17.5 Å². The minimum Gasteiger partial charge on any atom is -0.383 e. The van der Waals surface area contributed by atoms with Gasteiger partial charge in [0.05, 0.1) is 5.69 Å². The minimum absolute atomic E-state index is 0.127. The number of nitrogens with zero attached hydrogens (tertiary/aromatic N) is 3. The molecule has 0 aliphatic rings. The summed E-state index contributed by atoms with van der Waals surface area (Å²) in [4.78, 5) is 23.2. The van der Waals surface area contributed by atoms with Crippen molar-refractivity contribution in [1.29, 1.82) is 0 Å². The second-order valence-corrected chi connectivity index (χ2v) is 7.45. The summed E-state index contributed by atoms with van der Waals surface area (Å²) in [6.07, 6.45) is 3.80. The van der Waals surface area contributed by atoms with Crippen LogP contribution in [-0.4, -0.2) is 34.9 Å². The highest BCUT2D eigenvalue weighted by atomic mass is 32.2. The SMILES string of the molecule is CN=C(N)c1c(SC)nc(-c2ccc(F)cc2)n(-c2ccc(SC)cc2)c1=O. The largest absolute Gasteiger partial charge is 0.383 e. The zero-order valence-electron chi connectivity index (χ0n) is 15.6. The van der Waals surface area contributed by atoms with Crippen LogP contribution in [0, 0.1) is 5.82 Å². The van der Waals surface area contributed by atoms with Crippen molar-refractivity contribution in [2.24, 2.45) is 10.7 Å². The van der Waals surface area contributed by atoms with Gasteiger partial charge in [-0.3, -0.25) is 14.4 Å². The van der Waals surface area contributed by atoms with E-state index in [2.05, 4.69) is 9.98 Å². The lowest BCUT2D eigenvalue weighted by Gasteiger charge is -2.16. The summed E-state index contributed by atoms with van der Waals surface area (Å²) < 4.78 is 14.9. The molecular formula is C20H19FN4OS2.